The quantitative estimate of drug-likeness (QED) is 0.787. The Kier molecular flexibility index (Phi) is 4.44. The lowest BCUT2D eigenvalue weighted by Gasteiger charge is -2.15. The first kappa shape index (κ1) is 15.6. The number of hydrogen-bond acceptors (Lipinski definition) is 3. The Bertz CT molecular complexity index is 911. The van der Waals surface area contributed by atoms with E-state index in [1.807, 2.05) is 48.5 Å². The Morgan fingerprint density at radius 2 is 1.75 bits per heavy atom. The maximum Gasteiger partial charge on any atom is 0.265 e. The van der Waals surface area contributed by atoms with Gasteiger partial charge in [0.25, 0.3) is 5.91 Å². The van der Waals surface area contributed by atoms with Crippen LogP contribution in [0.4, 0.5) is 5.69 Å². The van der Waals surface area contributed by atoms with Gasteiger partial charge in [-0.1, -0.05) is 30.3 Å². The number of carbonyl (C=O) groups is 1. The Hall–Kier alpha value is -3.32. The molecule has 0 aliphatic carbocycles. The van der Waals surface area contributed by atoms with Gasteiger partial charge in [0.1, 0.15) is 5.75 Å². The van der Waals surface area contributed by atoms with Gasteiger partial charge in [0, 0.05) is 5.69 Å². The lowest BCUT2D eigenvalue weighted by atomic mass is 10.1. The Labute approximate surface area is 140 Å². The van der Waals surface area contributed by atoms with Crippen LogP contribution in [0, 0.1) is 11.3 Å². The van der Waals surface area contributed by atoms with Crippen molar-refractivity contribution in [3.05, 3.63) is 72.3 Å². The molecule has 1 N–H and O–H groups in total. The summed E-state index contributed by atoms with van der Waals surface area (Å²) in [5.74, 6) is 0.324. The first-order valence-electron chi connectivity index (χ1n) is 7.62. The van der Waals surface area contributed by atoms with Crippen molar-refractivity contribution in [3.63, 3.8) is 0 Å². The van der Waals surface area contributed by atoms with Gasteiger partial charge in [0.05, 0.1) is 11.6 Å². The minimum atomic E-state index is -0.649. The lowest BCUT2D eigenvalue weighted by molar-refractivity contribution is -0.122. The number of nitriles is 1. The van der Waals surface area contributed by atoms with Gasteiger partial charge in [-0.3, -0.25) is 4.79 Å². The molecule has 0 saturated carbocycles. The fourth-order valence-corrected chi connectivity index (χ4v) is 2.38. The van der Waals surface area contributed by atoms with Crippen molar-refractivity contribution in [2.45, 2.75) is 13.0 Å². The first-order valence-corrected chi connectivity index (χ1v) is 7.62. The third kappa shape index (κ3) is 3.53. The third-order valence-electron chi connectivity index (χ3n) is 3.68. The van der Waals surface area contributed by atoms with Crippen LogP contribution in [0.2, 0.25) is 0 Å². The second kappa shape index (κ2) is 6.84. The smallest absolute Gasteiger partial charge is 0.265 e. The number of hydrogen-bond donors (Lipinski definition) is 1. The average Bonchev–Trinajstić information content (AvgIpc) is 2.62. The number of nitrogens with zero attached hydrogens (tertiary/aromatic N) is 1. The number of nitrogens with one attached hydrogen (secondary N) is 1. The number of anilines is 1. The predicted octanol–water partition coefficient (Wildman–Crippen LogP) is 4.12. The monoisotopic (exact) mass is 316 g/mol. The van der Waals surface area contributed by atoms with Crippen LogP contribution in [0.3, 0.4) is 0 Å². The molecule has 24 heavy (non-hydrogen) atoms. The van der Waals surface area contributed by atoms with Crippen molar-refractivity contribution in [2.75, 3.05) is 5.32 Å². The van der Waals surface area contributed by atoms with E-state index in [0.717, 1.165) is 16.5 Å². The zero-order valence-corrected chi connectivity index (χ0v) is 13.2. The van der Waals surface area contributed by atoms with E-state index in [1.165, 1.54) is 0 Å². The van der Waals surface area contributed by atoms with Crippen molar-refractivity contribution in [1.82, 2.24) is 0 Å². The summed E-state index contributed by atoms with van der Waals surface area (Å²) in [6.45, 7) is 1.69. The molecule has 0 saturated heterocycles. The van der Waals surface area contributed by atoms with Crippen molar-refractivity contribution >= 4 is 22.4 Å². The van der Waals surface area contributed by atoms with E-state index >= 15 is 0 Å². The maximum absolute atomic E-state index is 12.3. The fraction of sp³-hybridized carbons (Fsp3) is 0.100. The Morgan fingerprint density at radius 1 is 1.04 bits per heavy atom. The molecule has 0 bridgehead atoms. The summed E-state index contributed by atoms with van der Waals surface area (Å²) in [6, 6.07) is 22.5. The molecular weight excluding hydrogens is 300 g/mol. The molecule has 0 spiro atoms. The minimum absolute atomic E-state index is 0.227. The molecule has 0 aliphatic heterocycles. The largest absolute Gasteiger partial charge is 0.481 e. The summed E-state index contributed by atoms with van der Waals surface area (Å²) in [6.07, 6.45) is -0.649. The van der Waals surface area contributed by atoms with Crippen molar-refractivity contribution in [3.8, 4) is 11.8 Å². The van der Waals surface area contributed by atoms with E-state index in [2.05, 4.69) is 5.32 Å². The highest BCUT2D eigenvalue weighted by molar-refractivity contribution is 5.96. The van der Waals surface area contributed by atoms with E-state index in [-0.39, 0.29) is 5.91 Å². The molecular formula is C20H16N2O2. The van der Waals surface area contributed by atoms with Gasteiger partial charge in [0.2, 0.25) is 0 Å². The molecule has 0 radical (unpaired) electrons. The standard InChI is InChI=1S/C20H16N2O2/c1-14(24-19-10-6-15(13-21)7-11-19)20(23)22-18-9-8-16-4-2-3-5-17(16)12-18/h2-12,14H,1H3,(H,22,23)/t14-/m0/s1. The van der Waals surface area contributed by atoms with Crippen LogP contribution < -0.4 is 10.1 Å². The van der Waals surface area contributed by atoms with E-state index in [1.54, 1.807) is 31.2 Å². The number of ether oxygens (including phenoxy) is 1. The summed E-state index contributed by atoms with van der Waals surface area (Å²) >= 11 is 0. The zero-order chi connectivity index (χ0) is 16.9. The normalized spacial score (nSPS) is 11.5. The van der Waals surface area contributed by atoms with Crippen LogP contribution in [0.1, 0.15) is 12.5 Å². The molecule has 4 heteroatoms. The first-order chi connectivity index (χ1) is 11.7. The molecule has 0 aliphatic rings. The van der Waals surface area contributed by atoms with Crippen molar-refractivity contribution in [1.29, 1.82) is 5.26 Å². The van der Waals surface area contributed by atoms with Gasteiger partial charge >= 0.3 is 0 Å². The topological polar surface area (TPSA) is 62.1 Å². The third-order valence-corrected chi connectivity index (χ3v) is 3.68. The summed E-state index contributed by atoms with van der Waals surface area (Å²) in [4.78, 5) is 12.3. The second-order valence-electron chi connectivity index (χ2n) is 5.45. The molecule has 0 heterocycles. The predicted molar refractivity (Wildman–Crippen MR) is 93.8 cm³/mol. The van der Waals surface area contributed by atoms with Gasteiger partial charge in [-0.15, -0.1) is 0 Å². The van der Waals surface area contributed by atoms with Gasteiger partial charge in [-0.25, -0.2) is 0 Å². The Balaban J connectivity index is 1.67. The molecule has 1 atom stereocenters. The van der Waals surface area contributed by atoms with E-state index < -0.39 is 6.10 Å². The summed E-state index contributed by atoms with van der Waals surface area (Å²) < 4.78 is 5.61. The van der Waals surface area contributed by atoms with Crippen LogP contribution in [0.15, 0.2) is 66.7 Å². The second-order valence-corrected chi connectivity index (χ2v) is 5.45. The van der Waals surface area contributed by atoms with E-state index in [9.17, 15) is 4.79 Å². The highest BCUT2D eigenvalue weighted by atomic mass is 16.5. The molecule has 118 valence electrons. The molecule has 1 amide bonds. The van der Waals surface area contributed by atoms with Crippen LogP contribution in [0.5, 0.6) is 5.75 Å². The molecule has 4 nitrogen and oxygen atoms in total. The van der Waals surface area contributed by atoms with Crippen LogP contribution in [-0.2, 0) is 4.79 Å². The molecule has 3 aromatic carbocycles. The Morgan fingerprint density at radius 3 is 2.46 bits per heavy atom. The number of amides is 1. The summed E-state index contributed by atoms with van der Waals surface area (Å²) in [7, 11) is 0. The maximum atomic E-state index is 12.3. The molecule has 0 unspecified atom stereocenters. The van der Waals surface area contributed by atoms with Crippen LogP contribution in [-0.4, -0.2) is 12.0 Å². The van der Waals surface area contributed by atoms with Crippen molar-refractivity contribution in [2.24, 2.45) is 0 Å². The van der Waals surface area contributed by atoms with E-state index in [4.69, 9.17) is 10.00 Å². The van der Waals surface area contributed by atoms with Crippen LogP contribution >= 0.6 is 0 Å². The van der Waals surface area contributed by atoms with Gasteiger partial charge < -0.3 is 10.1 Å². The highest BCUT2D eigenvalue weighted by Crippen LogP contribution is 2.19. The zero-order valence-electron chi connectivity index (χ0n) is 13.2. The number of carbonyl (C=O) groups excluding carboxylic acids is 1. The number of fused-ring (bicyclic) bond motifs is 1. The average molecular weight is 316 g/mol. The van der Waals surface area contributed by atoms with E-state index in [0.29, 0.717) is 11.3 Å². The molecule has 0 aromatic heterocycles. The number of rotatable bonds is 4. The summed E-state index contributed by atoms with van der Waals surface area (Å²) in [5.41, 5.74) is 1.28. The lowest BCUT2D eigenvalue weighted by Crippen LogP contribution is -2.30. The summed E-state index contributed by atoms with van der Waals surface area (Å²) in [5, 5.41) is 13.8. The minimum Gasteiger partial charge on any atom is -0.481 e. The molecule has 3 rings (SSSR count). The molecule has 0 fully saturated rings. The SMILES string of the molecule is C[C@H](Oc1ccc(C#N)cc1)C(=O)Nc1ccc2ccccc2c1. The van der Waals surface area contributed by atoms with Crippen molar-refractivity contribution < 1.29 is 9.53 Å². The number of benzene rings is 3. The van der Waals surface area contributed by atoms with Gasteiger partial charge in [-0.2, -0.15) is 5.26 Å². The van der Waals surface area contributed by atoms with Crippen LogP contribution in [0.25, 0.3) is 10.8 Å². The van der Waals surface area contributed by atoms with Gasteiger partial charge in [0.15, 0.2) is 6.10 Å². The highest BCUT2D eigenvalue weighted by Gasteiger charge is 2.15. The molecule has 3 aromatic rings. The van der Waals surface area contributed by atoms with Gasteiger partial charge in [-0.05, 0) is 54.1 Å². The fourth-order valence-electron chi connectivity index (χ4n) is 2.38.